The van der Waals surface area contributed by atoms with Gasteiger partial charge in [-0.1, -0.05) is 0 Å². The van der Waals surface area contributed by atoms with E-state index in [0.29, 0.717) is 0 Å². The molecule has 0 nitrogen and oxygen atoms in total. The number of benzene rings is 4. The van der Waals surface area contributed by atoms with Gasteiger partial charge in [-0.3, -0.25) is 0 Å². The van der Waals surface area contributed by atoms with E-state index in [2.05, 4.69) is 174 Å². The second-order valence-electron chi connectivity index (χ2n) is 18.0. The monoisotopic (exact) mass is 770 g/mol. The van der Waals surface area contributed by atoms with E-state index in [9.17, 15) is 0 Å². The molecule has 0 heterocycles. The Bertz CT molecular complexity index is 1970. The van der Waals surface area contributed by atoms with Gasteiger partial charge in [0.2, 0.25) is 0 Å². The number of hydrogen-bond donors (Lipinski definition) is 0. The molecular weight excluding hydrogens is 715 g/mol. The van der Waals surface area contributed by atoms with Gasteiger partial charge in [0.15, 0.2) is 0 Å². The van der Waals surface area contributed by atoms with E-state index in [4.69, 9.17) is 4.21 Å². The summed E-state index contributed by atoms with van der Waals surface area (Å²) in [7, 11) is 0. The third-order valence-corrected chi connectivity index (χ3v) is 28.0. The molecule has 0 amide bonds. The first-order valence-electron chi connectivity index (χ1n) is 17.7. The molecule has 0 radical (unpaired) electrons. The normalized spacial score (nSPS) is 16.2. The maximum atomic E-state index is 5.90. The number of hydrogen-bond acceptors (Lipinski definition) is 0. The maximum absolute atomic E-state index is 5.90. The van der Waals surface area contributed by atoms with Gasteiger partial charge in [0.05, 0.1) is 0 Å². The van der Waals surface area contributed by atoms with Gasteiger partial charge in [-0.25, -0.2) is 0 Å². The van der Waals surface area contributed by atoms with Gasteiger partial charge in [-0.05, 0) is 0 Å². The van der Waals surface area contributed by atoms with Crippen molar-refractivity contribution < 1.29 is 18.3 Å². The van der Waals surface area contributed by atoms with Crippen LogP contribution in [0.4, 0.5) is 0 Å². The molecule has 49 heavy (non-hydrogen) atoms. The fourth-order valence-corrected chi connectivity index (χ4v) is 26.2. The average molecular weight is 773 g/mol. The molecule has 0 saturated heterocycles. The minimum absolute atomic E-state index is 0. The Labute approximate surface area is 311 Å². The van der Waals surface area contributed by atoms with Crippen molar-refractivity contribution in [1.82, 2.24) is 0 Å². The van der Waals surface area contributed by atoms with Gasteiger partial charge in [0.25, 0.3) is 0 Å². The van der Waals surface area contributed by atoms with Crippen LogP contribution in [0.3, 0.4) is 0 Å². The number of allylic oxidation sites excluding steroid dienone is 4. The molecule has 0 bridgehead atoms. The first kappa shape index (κ1) is 39.5. The van der Waals surface area contributed by atoms with Crippen molar-refractivity contribution in [3.63, 3.8) is 0 Å². The molecule has 2 aliphatic carbocycles. The Morgan fingerprint density at radius 1 is 0.633 bits per heavy atom. The van der Waals surface area contributed by atoms with Crippen LogP contribution in [0.15, 0.2) is 99.9 Å². The van der Waals surface area contributed by atoms with Crippen LogP contribution in [0.5, 0.6) is 0 Å². The summed E-state index contributed by atoms with van der Waals surface area (Å²) in [6, 6.07) is 31.4. The summed E-state index contributed by atoms with van der Waals surface area (Å²) in [6.45, 7) is 28.2. The van der Waals surface area contributed by atoms with E-state index in [0.717, 1.165) is 6.42 Å². The molecule has 0 saturated carbocycles. The summed E-state index contributed by atoms with van der Waals surface area (Å²) in [4.78, 5) is 0. The van der Waals surface area contributed by atoms with Gasteiger partial charge in [-0.15, -0.1) is 24.8 Å². The van der Waals surface area contributed by atoms with Crippen LogP contribution in [-0.4, -0.2) is 4.21 Å². The zero-order valence-corrected chi connectivity index (χ0v) is 36.1. The third-order valence-electron chi connectivity index (χ3n) is 11.4. The predicted molar refractivity (Wildman–Crippen MR) is 220 cm³/mol. The summed E-state index contributed by atoms with van der Waals surface area (Å²) < 4.78 is 11.9. The van der Waals surface area contributed by atoms with Crippen molar-refractivity contribution in [2.24, 2.45) is 11.3 Å². The van der Waals surface area contributed by atoms with Gasteiger partial charge < -0.3 is 0 Å². The van der Waals surface area contributed by atoms with Crippen molar-refractivity contribution in [2.75, 3.05) is 0 Å². The molecule has 1 atom stereocenters. The molecule has 0 aliphatic heterocycles. The first-order chi connectivity index (χ1) is 21.7. The Kier molecular flexibility index (Phi) is 10.5. The van der Waals surface area contributed by atoms with E-state index in [1.165, 1.54) is 56.6 Å². The number of fused-ring (bicyclic) bond motifs is 3. The van der Waals surface area contributed by atoms with E-state index in [-0.39, 0.29) is 47.0 Å². The number of rotatable bonds is 4. The van der Waals surface area contributed by atoms with Crippen molar-refractivity contribution in [3.8, 4) is 11.1 Å². The van der Waals surface area contributed by atoms with E-state index in [1.54, 1.807) is 6.55 Å². The summed E-state index contributed by atoms with van der Waals surface area (Å²) in [5.41, 5.74) is 12.7. The summed E-state index contributed by atoms with van der Waals surface area (Å²) in [6.07, 6.45) is 6.13. The van der Waals surface area contributed by atoms with Gasteiger partial charge in [0, 0.05) is 0 Å². The molecule has 6 rings (SSSR count). The summed E-state index contributed by atoms with van der Waals surface area (Å²) in [5, 5.41) is 0. The van der Waals surface area contributed by atoms with Crippen molar-refractivity contribution >= 4 is 38.8 Å². The molecule has 0 aromatic heterocycles. The van der Waals surface area contributed by atoms with Crippen LogP contribution in [0.25, 0.3) is 11.1 Å². The molecule has 2 aliphatic rings. The Hall–Kier alpha value is -2.31. The van der Waals surface area contributed by atoms with Crippen LogP contribution in [0.1, 0.15) is 103 Å². The van der Waals surface area contributed by atoms with Crippen LogP contribution in [0.2, 0.25) is 0 Å². The molecule has 4 aromatic rings. The van der Waals surface area contributed by atoms with Crippen molar-refractivity contribution in [2.45, 2.75) is 100 Å². The van der Waals surface area contributed by atoms with Gasteiger partial charge >= 0.3 is 288 Å². The van der Waals surface area contributed by atoms with Crippen LogP contribution < -0.4 is 9.81 Å². The van der Waals surface area contributed by atoms with Gasteiger partial charge in [-0.2, -0.15) is 0 Å². The Balaban J connectivity index is 0.00000270. The van der Waals surface area contributed by atoms with Crippen molar-refractivity contribution in [3.05, 3.63) is 133 Å². The summed E-state index contributed by atoms with van der Waals surface area (Å²) in [5.74, 6) is 0.287. The summed E-state index contributed by atoms with van der Waals surface area (Å²) >= 11 is -5.03. The predicted octanol–water partition coefficient (Wildman–Crippen LogP) is 11.2. The Morgan fingerprint density at radius 2 is 1.14 bits per heavy atom. The topological polar surface area (TPSA) is 0 Å². The molecule has 4 aromatic carbocycles. The molecule has 0 N–H and O–H groups in total. The SMILES string of the molecule is Cl.Cl.[CH2]=[Zr]([C]1=CC(C(C)(C)C)=CC1C)([c]1ccc(C)cc1)([c]1ccc(C)cc1)[c]1c(C(C)(C)C)ccc2c1Cc1cc(C(C)(C)C)ccc1-2. The minimum atomic E-state index is -5.03. The zero-order valence-electron chi connectivity index (χ0n) is 32.0. The molecular formula is C46H58Cl2Zr. The second kappa shape index (κ2) is 13.0. The molecule has 0 fully saturated rings. The average Bonchev–Trinajstić information content (AvgIpc) is 3.57. The van der Waals surface area contributed by atoms with Crippen LogP contribution >= 0.6 is 24.8 Å². The fraction of sp³-hybridized carbons (Fsp3) is 0.370. The molecule has 3 heteroatoms. The van der Waals surface area contributed by atoms with Crippen LogP contribution in [-0.2, 0) is 35.5 Å². The fourth-order valence-electron chi connectivity index (χ4n) is 8.61. The second-order valence-corrected chi connectivity index (χ2v) is 30.7. The first-order valence-corrected chi connectivity index (χ1v) is 24.3. The number of aryl methyl sites for hydroxylation is 2. The van der Waals surface area contributed by atoms with Crippen LogP contribution in [0, 0.1) is 25.2 Å². The molecule has 0 spiro atoms. The quantitative estimate of drug-likeness (QED) is 0.171. The molecule has 1 unspecified atom stereocenters. The van der Waals surface area contributed by atoms with Gasteiger partial charge in [0.1, 0.15) is 0 Å². The molecule has 260 valence electrons. The number of halogens is 2. The zero-order chi connectivity index (χ0) is 34.3. The van der Waals surface area contributed by atoms with E-state index < -0.39 is 18.3 Å². The third kappa shape index (κ3) is 6.30. The van der Waals surface area contributed by atoms with E-state index in [1.807, 2.05) is 0 Å². The van der Waals surface area contributed by atoms with E-state index >= 15 is 0 Å². The Morgan fingerprint density at radius 3 is 1.59 bits per heavy atom. The van der Waals surface area contributed by atoms with Crippen molar-refractivity contribution in [1.29, 1.82) is 0 Å². The standard InChI is InChI=1S/C21H25.C10H15.2C7H7.CH2.2ClH.Zr/c1-20(2,3)16-7-9-18-14(12-16)11-15-13-17(21(4,5)6)8-10-19(15)18;1-8-5-6-9(7-8)10(2,3)4;2*1-7-5-3-2-4-6-7;;;;/h7-10,12H,11H2,1-6H3;6-8H,1-4H3;2*3-6H,1H3;1H2;2*1H;.